The van der Waals surface area contributed by atoms with Crippen LogP contribution in [0, 0.1) is 0 Å². The van der Waals surface area contributed by atoms with E-state index >= 15 is 0 Å². The Bertz CT molecular complexity index is 102. The molecule has 0 spiro atoms. The summed E-state index contributed by atoms with van der Waals surface area (Å²) in [6, 6.07) is 0.360. The van der Waals surface area contributed by atoms with Gasteiger partial charge in [-0.15, -0.1) is 0 Å². The van der Waals surface area contributed by atoms with Crippen molar-refractivity contribution in [2.24, 2.45) is 5.73 Å². The lowest BCUT2D eigenvalue weighted by molar-refractivity contribution is 0.112. The Balaban J connectivity index is 1.84. The molecule has 1 fully saturated rings. The van der Waals surface area contributed by atoms with Crippen LogP contribution >= 0.6 is 0 Å². The first-order valence-corrected chi connectivity index (χ1v) is 4.70. The molecule has 1 rings (SSSR count). The van der Waals surface area contributed by atoms with E-state index in [2.05, 4.69) is 6.92 Å². The molecule has 11 heavy (non-hydrogen) atoms. The predicted molar refractivity (Wildman–Crippen MR) is 46.5 cm³/mol. The van der Waals surface area contributed by atoms with Crippen LogP contribution in [0.5, 0.6) is 0 Å². The van der Waals surface area contributed by atoms with Gasteiger partial charge in [-0.2, -0.15) is 0 Å². The Morgan fingerprint density at radius 2 is 2.18 bits per heavy atom. The average molecular weight is 157 g/mol. The predicted octanol–water partition coefficient (Wildman–Crippen LogP) is 1.68. The van der Waals surface area contributed by atoms with E-state index in [0.717, 1.165) is 19.4 Å². The van der Waals surface area contributed by atoms with Crippen LogP contribution in [0.25, 0.3) is 0 Å². The minimum absolute atomic E-state index is 0.360. The van der Waals surface area contributed by atoms with Crippen molar-refractivity contribution in [3.05, 3.63) is 0 Å². The lowest BCUT2D eigenvalue weighted by Crippen LogP contribution is -2.21. The van der Waals surface area contributed by atoms with Crippen LogP contribution in [-0.4, -0.2) is 18.8 Å². The summed E-state index contributed by atoms with van der Waals surface area (Å²) in [5.41, 5.74) is 5.81. The lowest BCUT2D eigenvalue weighted by atomic mass is 10.1. The molecule has 1 atom stereocenters. The van der Waals surface area contributed by atoms with Crippen molar-refractivity contribution in [3.63, 3.8) is 0 Å². The van der Waals surface area contributed by atoms with Crippen LogP contribution < -0.4 is 5.73 Å². The molecule has 0 unspecified atom stereocenters. The second-order valence-electron chi connectivity index (χ2n) is 3.41. The van der Waals surface area contributed by atoms with E-state index in [-0.39, 0.29) is 0 Å². The van der Waals surface area contributed by atoms with Gasteiger partial charge in [0.1, 0.15) is 0 Å². The first-order valence-electron chi connectivity index (χ1n) is 4.70. The normalized spacial score (nSPS) is 20.2. The molecule has 1 saturated carbocycles. The van der Waals surface area contributed by atoms with Crippen molar-refractivity contribution in [2.75, 3.05) is 6.61 Å². The van der Waals surface area contributed by atoms with Crippen LogP contribution in [0.3, 0.4) is 0 Å². The molecule has 0 aromatic heterocycles. The fourth-order valence-corrected chi connectivity index (χ4v) is 1.14. The van der Waals surface area contributed by atoms with Gasteiger partial charge in [-0.1, -0.05) is 13.3 Å². The number of hydrogen-bond acceptors (Lipinski definition) is 2. The van der Waals surface area contributed by atoms with Gasteiger partial charge in [-0.05, 0) is 25.7 Å². The monoisotopic (exact) mass is 157 g/mol. The van der Waals surface area contributed by atoms with Crippen LogP contribution in [0.1, 0.15) is 39.0 Å². The molecule has 1 aliphatic rings. The van der Waals surface area contributed by atoms with Gasteiger partial charge in [0, 0.05) is 12.6 Å². The van der Waals surface area contributed by atoms with Crippen molar-refractivity contribution in [3.8, 4) is 0 Å². The zero-order chi connectivity index (χ0) is 8.10. The molecule has 2 nitrogen and oxygen atoms in total. The van der Waals surface area contributed by atoms with Crippen LogP contribution in [0.15, 0.2) is 0 Å². The SMILES string of the molecule is CCC[C@@H](N)CCOC1CC1. The standard InChI is InChI=1S/C9H19NO/c1-2-3-8(10)6-7-11-9-4-5-9/h8-9H,2-7,10H2,1H3/t8-/m1/s1. The minimum atomic E-state index is 0.360. The number of rotatable bonds is 6. The summed E-state index contributed by atoms with van der Waals surface area (Å²) in [7, 11) is 0. The molecule has 0 aromatic carbocycles. The largest absolute Gasteiger partial charge is 0.378 e. The molecule has 0 radical (unpaired) electrons. The maximum atomic E-state index is 5.81. The van der Waals surface area contributed by atoms with Crippen molar-refractivity contribution in [2.45, 2.75) is 51.2 Å². The van der Waals surface area contributed by atoms with Gasteiger partial charge in [0.25, 0.3) is 0 Å². The molecular weight excluding hydrogens is 138 g/mol. The maximum absolute atomic E-state index is 5.81. The molecule has 0 bridgehead atoms. The van der Waals surface area contributed by atoms with Crippen molar-refractivity contribution in [1.82, 2.24) is 0 Å². The van der Waals surface area contributed by atoms with E-state index in [1.54, 1.807) is 0 Å². The van der Waals surface area contributed by atoms with Crippen LogP contribution in [0.4, 0.5) is 0 Å². The third-order valence-corrected chi connectivity index (χ3v) is 2.03. The summed E-state index contributed by atoms with van der Waals surface area (Å²) in [6.07, 6.45) is 6.47. The lowest BCUT2D eigenvalue weighted by Gasteiger charge is -2.09. The molecule has 2 N–H and O–H groups in total. The quantitative estimate of drug-likeness (QED) is 0.636. The molecule has 0 amide bonds. The Hall–Kier alpha value is -0.0800. The zero-order valence-electron chi connectivity index (χ0n) is 7.38. The van der Waals surface area contributed by atoms with Crippen LogP contribution in [-0.2, 0) is 4.74 Å². The van der Waals surface area contributed by atoms with E-state index in [1.807, 2.05) is 0 Å². The highest BCUT2D eigenvalue weighted by atomic mass is 16.5. The molecule has 0 saturated heterocycles. The first-order chi connectivity index (χ1) is 5.33. The van der Waals surface area contributed by atoms with Gasteiger partial charge in [0.2, 0.25) is 0 Å². The number of nitrogens with two attached hydrogens (primary N) is 1. The van der Waals surface area contributed by atoms with E-state index < -0.39 is 0 Å². The van der Waals surface area contributed by atoms with Gasteiger partial charge >= 0.3 is 0 Å². The fraction of sp³-hybridized carbons (Fsp3) is 1.00. The Morgan fingerprint density at radius 1 is 1.45 bits per heavy atom. The third-order valence-electron chi connectivity index (χ3n) is 2.03. The highest BCUT2D eigenvalue weighted by molar-refractivity contribution is 4.73. The van der Waals surface area contributed by atoms with E-state index in [4.69, 9.17) is 10.5 Å². The molecule has 0 aliphatic heterocycles. The van der Waals surface area contributed by atoms with Gasteiger partial charge < -0.3 is 10.5 Å². The fourth-order valence-electron chi connectivity index (χ4n) is 1.14. The molecule has 1 aliphatic carbocycles. The van der Waals surface area contributed by atoms with Gasteiger partial charge in [-0.3, -0.25) is 0 Å². The molecular formula is C9H19NO. The van der Waals surface area contributed by atoms with E-state index in [0.29, 0.717) is 12.1 Å². The topological polar surface area (TPSA) is 35.2 Å². The molecule has 2 heteroatoms. The maximum Gasteiger partial charge on any atom is 0.0577 e. The zero-order valence-corrected chi connectivity index (χ0v) is 7.38. The summed E-state index contributed by atoms with van der Waals surface area (Å²) in [5.74, 6) is 0. The minimum Gasteiger partial charge on any atom is -0.378 e. The Morgan fingerprint density at radius 3 is 2.73 bits per heavy atom. The Labute approximate surface area is 69.1 Å². The van der Waals surface area contributed by atoms with Crippen LogP contribution in [0.2, 0.25) is 0 Å². The summed E-state index contributed by atoms with van der Waals surface area (Å²) in [4.78, 5) is 0. The van der Waals surface area contributed by atoms with Gasteiger partial charge in [0.05, 0.1) is 6.10 Å². The Kier molecular flexibility index (Phi) is 3.87. The number of hydrogen-bond donors (Lipinski definition) is 1. The molecule has 0 heterocycles. The number of ether oxygens (including phenoxy) is 1. The first kappa shape index (κ1) is 9.01. The highest BCUT2D eigenvalue weighted by Gasteiger charge is 2.21. The van der Waals surface area contributed by atoms with E-state index in [1.165, 1.54) is 19.3 Å². The van der Waals surface area contributed by atoms with Crippen molar-refractivity contribution < 1.29 is 4.74 Å². The average Bonchev–Trinajstić information content (AvgIpc) is 2.72. The van der Waals surface area contributed by atoms with E-state index in [9.17, 15) is 0 Å². The third kappa shape index (κ3) is 4.38. The molecule has 0 aromatic rings. The van der Waals surface area contributed by atoms with Crippen molar-refractivity contribution >= 4 is 0 Å². The van der Waals surface area contributed by atoms with Gasteiger partial charge in [0.15, 0.2) is 0 Å². The summed E-state index contributed by atoms with van der Waals surface area (Å²) < 4.78 is 5.49. The molecule has 66 valence electrons. The summed E-state index contributed by atoms with van der Waals surface area (Å²) in [5, 5.41) is 0. The summed E-state index contributed by atoms with van der Waals surface area (Å²) in [6.45, 7) is 3.04. The van der Waals surface area contributed by atoms with Gasteiger partial charge in [-0.25, -0.2) is 0 Å². The smallest absolute Gasteiger partial charge is 0.0577 e. The highest BCUT2D eigenvalue weighted by Crippen LogP contribution is 2.23. The second kappa shape index (κ2) is 4.73. The van der Waals surface area contributed by atoms with Crippen molar-refractivity contribution in [1.29, 1.82) is 0 Å². The summed E-state index contributed by atoms with van der Waals surface area (Å²) >= 11 is 0. The second-order valence-corrected chi connectivity index (χ2v) is 3.41.